The van der Waals surface area contributed by atoms with Gasteiger partial charge >= 0.3 is 6.03 Å². The van der Waals surface area contributed by atoms with Crippen LogP contribution in [0, 0.1) is 5.92 Å². The molecular weight excluding hydrogens is 344 g/mol. The van der Waals surface area contributed by atoms with Crippen molar-refractivity contribution in [1.29, 1.82) is 0 Å². The summed E-state index contributed by atoms with van der Waals surface area (Å²) in [5.74, 6) is -0.170. The van der Waals surface area contributed by atoms with E-state index in [4.69, 9.17) is 0 Å². The summed E-state index contributed by atoms with van der Waals surface area (Å²) in [6.07, 6.45) is 1.74. The van der Waals surface area contributed by atoms with Gasteiger partial charge in [0.25, 0.3) is 0 Å². The number of carbonyl (C=O) groups is 2. The average Bonchev–Trinajstić information content (AvgIpc) is 3.35. The number of rotatable bonds is 8. The molecule has 1 aliphatic carbocycles. The highest BCUT2D eigenvalue weighted by Gasteiger charge is 2.27. The van der Waals surface area contributed by atoms with Crippen molar-refractivity contribution in [3.63, 3.8) is 0 Å². The molecule has 0 unspecified atom stereocenters. The Morgan fingerprint density at radius 2 is 1.68 bits per heavy atom. The van der Waals surface area contributed by atoms with Crippen LogP contribution in [0.15, 0.2) is 29.2 Å². The second kappa shape index (κ2) is 8.30. The van der Waals surface area contributed by atoms with Gasteiger partial charge in [-0.2, -0.15) is 0 Å². The van der Waals surface area contributed by atoms with E-state index in [1.807, 2.05) is 0 Å². The number of anilines is 1. The summed E-state index contributed by atoms with van der Waals surface area (Å²) >= 11 is 0. The van der Waals surface area contributed by atoms with E-state index in [9.17, 15) is 18.0 Å². The minimum atomic E-state index is -3.49. The van der Waals surface area contributed by atoms with Gasteiger partial charge in [0.1, 0.15) is 0 Å². The van der Waals surface area contributed by atoms with Crippen molar-refractivity contribution < 1.29 is 18.0 Å². The van der Waals surface area contributed by atoms with E-state index < -0.39 is 16.1 Å². The number of hydrogen-bond acceptors (Lipinski definition) is 4. The Morgan fingerprint density at radius 3 is 2.24 bits per heavy atom. The number of sulfonamides is 1. The van der Waals surface area contributed by atoms with Crippen LogP contribution in [-0.4, -0.2) is 39.5 Å². The van der Waals surface area contributed by atoms with Crippen molar-refractivity contribution >= 4 is 27.6 Å². The van der Waals surface area contributed by atoms with Crippen molar-refractivity contribution in [2.24, 2.45) is 5.92 Å². The average molecular weight is 368 g/mol. The summed E-state index contributed by atoms with van der Waals surface area (Å²) in [5.41, 5.74) is 0.481. The van der Waals surface area contributed by atoms with Gasteiger partial charge in [0.05, 0.1) is 4.90 Å². The van der Waals surface area contributed by atoms with Crippen molar-refractivity contribution in [3.05, 3.63) is 24.3 Å². The summed E-state index contributed by atoms with van der Waals surface area (Å²) in [5, 5.41) is 7.91. The van der Waals surface area contributed by atoms with Gasteiger partial charge in [-0.3, -0.25) is 4.79 Å². The molecular formula is C16H24N4O4S. The maximum absolute atomic E-state index is 12.0. The van der Waals surface area contributed by atoms with Crippen molar-refractivity contribution in [2.75, 3.05) is 18.4 Å². The van der Waals surface area contributed by atoms with Gasteiger partial charge in [-0.15, -0.1) is 0 Å². The predicted molar refractivity (Wildman–Crippen MR) is 94.7 cm³/mol. The molecule has 8 nitrogen and oxygen atoms in total. The highest BCUT2D eigenvalue weighted by atomic mass is 32.2. The van der Waals surface area contributed by atoms with Gasteiger partial charge < -0.3 is 16.0 Å². The van der Waals surface area contributed by atoms with Crippen molar-refractivity contribution in [2.45, 2.75) is 37.6 Å². The zero-order valence-electron chi connectivity index (χ0n) is 14.3. The molecule has 0 radical (unpaired) electrons. The molecule has 9 heteroatoms. The molecule has 0 atom stereocenters. The molecule has 0 heterocycles. The second-order valence-electron chi connectivity index (χ2n) is 6.25. The highest BCUT2D eigenvalue weighted by molar-refractivity contribution is 7.89. The molecule has 0 bridgehead atoms. The Morgan fingerprint density at radius 1 is 1.08 bits per heavy atom. The van der Waals surface area contributed by atoms with Crippen LogP contribution in [0.3, 0.4) is 0 Å². The second-order valence-corrected chi connectivity index (χ2v) is 7.96. The first-order valence-electron chi connectivity index (χ1n) is 8.23. The van der Waals surface area contributed by atoms with E-state index >= 15 is 0 Å². The third-order valence-electron chi connectivity index (χ3n) is 3.56. The standard InChI is InChI=1S/C16H24N4O4S/c1-11(2)15(21)17-9-10-18-16(22)19-12-5-7-14(8-6-12)25(23,24)20-13-3-4-13/h5-8,11,13,20H,3-4,9-10H2,1-2H3,(H,17,21)(H2,18,19,22). The zero-order chi connectivity index (χ0) is 18.4. The van der Waals surface area contributed by atoms with E-state index in [1.54, 1.807) is 13.8 Å². The molecule has 0 saturated heterocycles. The Kier molecular flexibility index (Phi) is 6.38. The van der Waals surface area contributed by atoms with Gasteiger partial charge in [-0.25, -0.2) is 17.9 Å². The summed E-state index contributed by atoms with van der Waals surface area (Å²) in [7, 11) is -3.49. The molecule has 1 saturated carbocycles. The number of nitrogens with one attached hydrogen (secondary N) is 4. The van der Waals surface area contributed by atoms with Crippen LogP contribution in [0.25, 0.3) is 0 Å². The highest BCUT2D eigenvalue weighted by Crippen LogP contribution is 2.22. The Hall–Kier alpha value is -2.13. The van der Waals surface area contributed by atoms with E-state index in [2.05, 4.69) is 20.7 Å². The largest absolute Gasteiger partial charge is 0.354 e. The Bertz CT molecular complexity index is 712. The fraction of sp³-hybridized carbons (Fsp3) is 0.500. The van der Waals surface area contributed by atoms with E-state index in [0.717, 1.165) is 12.8 Å². The first-order valence-corrected chi connectivity index (χ1v) is 9.71. The van der Waals surface area contributed by atoms with Gasteiger partial charge in [-0.05, 0) is 37.1 Å². The summed E-state index contributed by atoms with van der Waals surface area (Å²) in [6.45, 7) is 4.22. The topological polar surface area (TPSA) is 116 Å². The monoisotopic (exact) mass is 368 g/mol. The molecule has 0 aromatic heterocycles. The number of hydrogen-bond donors (Lipinski definition) is 4. The van der Waals surface area contributed by atoms with Crippen LogP contribution < -0.4 is 20.7 Å². The van der Waals surface area contributed by atoms with Crippen LogP contribution in [0.1, 0.15) is 26.7 Å². The number of urea groups is 1. The summed E-state index contributed by atoms with van der Waals surface area (Å²) in [6, 6.07) is 5.57. The predicted octanol–water partition coefficient (Wildman–Crippen LogP) is 1.02. The smallest absolute Gasteiger partial charge is 0.319 e. The molecule has 1 aromatic rings. The van der Waals surface area contributed by atoms with E-state index in [1.165, 1.54) is 24.3 Å². The minimum absolute atomic E-state index is 0.0461. The molecule has 1 aliphatic rings. The Balaban J connectivity index is 1.76. The minimum Gasteiger partial charge on any atom is -0.354 e. The number of amides is 3. The van der Waals surface area contributed by atoms with Crippen LogP contribution in [0.2, 0.25) is 0 Å². The van der Waals surface area contributed by atoms with Gasteiger partial charge in [0, 0.05) is 30.7 Å². The lowest BCUT2D eigenvalue weighted by Gasteiger charge is -2.10. The van der Waals surface area contributed by atoms with Gasteiger partial charge in [0.15, 0.2) is 0 Å². The Labute approximate surface area is 147 Å². The zero-order valence-corrected chi connectivity index (χ0v) is 15.2. The lowest BCUT2D eigenvalue weighted by molar-refractivity contribution is -0.123. The van der Waals surface area contributed by atoms with E-state index in [-0.39, 0.29) is 22.8 Å². The molecule has 0 spiro atoms. The van der Waals surface area contributed by atoms with E-state index in [0.29, 0.717) is 18.8 Å². The normalized spacial score (nSPS) is 14.2. The summed E-state index contributed by atoms with van der Waals surface area (Å²) < 4.78 is 26.7. The molecule has 25 heavy (non-hydrogen) atoms. The number of benzene rings is 1. The first-order chi connectivity index (χ1) is 11.8. The fourth-order valence-electron chi connectivity index (χ4n) is 1.95. The van der Waals surface area contributed by atoms with Crippen LogP contribution >= 0.6 is 0 Å². The van der Waals surface area contributed by atoms with Gasteiger partial charge in [-0.1, -0.05) is 13.8 Å². The van der Waals surface area contributed by atoms with Crippen LogP contribution in [0.5, 0.6) is 0 Å². The number of carbonyl (C=O) groups excluding carboxylic acids is 2. The molecule has 1 aromatic carbocycles. The third-order valence-corrected chi connectivity index (χ3v) is 5.09. The van der Waals surface area contributed by atoms with Crippen molar-refractivity contribution in [3.8, 4) is 0 Å². The molecule has 3 amide bonds. The molecule has 0 aliphatic heterocycles. The van der Waals surface area contributed by atoms with Gasteiger partial charge in [0.2, 0.25) is 15.9 Å². The maximum atomic E-state index is 12.0. The van der Waals surface area contributed by atoms with Crippen LogP contribution in [-0.2, 0) is 14.8 Å². The lowest BCUT2D eigenvalue weighted by Crippen LogP contribution is -2.38. The lowest BCUT2D eigenvalue weighted by atomic mass is 10.2. The maximum Gasteiger partial charge on any atom is 0.319 e. The molecule has 138 valence electrons. The SMILES string of the molecule is CC(C)C(=O)NCCNC(=O)Nc1ccc(S(=O)(=O)NC2CC2)cc1. The third kappa shape index (κ3) is 6.35. The fourth-order valence-corrected chi connectivity index (χ4v) is 3.25. The van der Waals surface area contributed by atoms with Crippen molar-refractivity contribution in [1.82, 2.24) is 15.4 Å². The first kappa shape index (κ1) is 19.2. The van der Waals surface area contributed by atoms with Crippen LogP contribution in [0.4, 0.5) is 10.5 Å². The summed E-state index contributed by atoms with van der Waals surface area (Å²) in [4.78, 5) is 23.3. The molecule has 4 N–H and O–H groups in total. The molecule has 2 rings (SSSR count). The quantitative estimate of drug-likeness (QED) is 0.513. The molecule has 1 fully saturated rings.